The van der Waals surface area contributed by atoms with Crippen LogP contribution in [0.2, 0.25) is 13.1 Å². The van der Waals surface area contributed by atoms with Crippen molar-refractivity contribution in [2.75, 3.05) is 6.38 Å². The van der Waals surface area contributed by atoms with Crippen LogP contribution in [0, 0.1) is 0 Å². The van der Waals surface area contributed by atoms with Gasteiger partial charge in [0.05, 0.1) is 0 Å². The Balaban J connectivity index is 0.00000105. The van der Waals surface area contributed by atoms with Crippen LogP contribution in [0.3, 0.4) is 0 Å². The number of fused-ring (bicyclic) bond motifs is 6. The van der Waals surface area contributed by atoms with Gasteiger partial charge in [-0.15, -0.1) is 11.6 Å². The van der Waals surface area contributed by atoms with Crippen molar-refractivity contribution in [3.05, 3.63) is 119 Å². The topological polar surface area (TPSA) is 0 Å². The first-order chi connectivity index (χ1) is 15.8. The van der Waals surface area contributed by atoms with E-state index in [4.69, 9.17) is 0 Å². The average molecular weight is 531 g/mol. The first-order valence-electron chi connectivity index (χ1n) is 11.4. The predicted octanol–water partition coefficient (Wildman–Crippen LogP) is 7.98. The SMILES string of the molecule is CCl.C[SiH](C)[Zr]([CH]1c2ccccc2-c2ccccc21)[CH]1c2ccccc2-c2ccccc21. The van der Waals surface area contributed by atoms with Crippen LogP contribution in [-0.4, -0.2) is 12.3 Å². The maximum atomic E-state index is 4.64. The molecule has 6 rings (SSSR count). The van der Waals surface area contributed by atoms with Gasteiger partial charge in [0.25, 0.3) is 0 Å². The second kappa shape index (κ2) is 9.26. The molecule has 0 nitrogen and oxygen atoms in total. The van der Waals surface area contributed by atoms with Gasteiger partial charge in [0.2, 0.25) is 0 Å². The Kier molecular flexibility index (Phi) is 6.39. The van der Waals surface area contributed by atoms with Crippen molar-refractivity contribution >= 4 is 17.5 Å². The number of hydrogen-bond acceptors (Lipinski definition) is 0. The molecule has 0 N–H and O–H groups in total. The third kappa shape index (κ3) is 3.43. The predicted molar refractivity (Wildman–Crippen MR) is 138 cm³/mol. The Hall–Kier alpha value is -1.73. The van der Waals surface area contributed by atoms with Gasteiger partial charge in [-0.05, 0) is 0 Å². The third-order valence-corrected chi connectivity index (χ3v) is 28.4. The summed E-state index contributed by atoms with van der Waals surface area (Å²) in [6, 6.07) is 37.1. The quantitative estimate of drug-likeness (QED) is 0.186. The molecule has 2 aliphatic rings. The molecule has 4 aromatic carbocycles. The molecule has 0 atom stereocenters. The van der Waals surface area contributed by atoms with E-state index in [2.05, 4.69) is 122 Å². The first-order valence-corrected chi connectivity index (χ1v) is 22.1. The molecule has 0 aromatic heterocycles. The molecule has 32 heavy (non-hydrogen) atoms. The number of halogens is 1. The van der Waals surface area contributed by atoms with E-state index >= 15 is 0 Å². The van der Waals surface area contributed by atoms with Gasteiger partial charge in [0.15, 0.2) is 0 Å². The van der Waals surface area contributed by atoms with Gasteiger partial charge in [-0.3, -0.25) is 0 Å². The molecule has 4 aromatic rings. The van der Waals surface area contributed by atoms with Crippen LogP contribution in [0.5, 0.6) is 0 Å². The molecule has 0 bridgehead atoms. The normalized spacial score (nSPS) is 13.7. The zero-order valence-electron chi connectivity index (χ0n) is 18.8. The number of hydrogen-bond donors (Lipinski definition) is 0. The van der Waals surface area contributed by atoms with Gasteiger partial charge in [0, 0.05) is 6.38 Å². The van der Waals surface area contributed by atoms with Crippen molar-refractivity contribution in [1.29, 1.82) is 0 Å². The van der Waals surface area contributed by atoms with Crippen LogP contribution < -0.4 is 0 Å². The van der Waals surface area contributed by atoms with Gasteiger partial charge in [-0.2, -0.15) is 0 Å². The molecular formula is C29H28ClSiZr. The summed E-state index contributed by atoms with van der Waals surface area (Å²) < 4.78 is 1.35. The maximum absolute atomic E-state index is 4.64. The summed E-state index contributed by atoms with van der Waals surface area (Å²) in [5.74, 6) is -0.830. The van der Waals surface area contributed by atoms with Crippen LogP contribution in [0.1, 0.15) is 29.5 Å². The average Bonchev–Trinajstić information content (AvgIpc) is 3.35. The Morgan fingerprint density at radius 3 is 1.00 bits per heavy atom. The summed E-state index contributed by atoms with van der Waals surface area (Å²) in [5, 5.41) is 0. The van der Waals surface area contributed by atoms with Gasteiger partial charge < -0.3 is 0 Å². The van der Waals surface area contributed by atoms with Crippen molar-refractivity contribution in [2.45, 2.75) is 20.3 Å². The van der Waals surface area contributed by atoms with E-state index in [0.29, 0.717) is 7.25 Å². The van der Waals surface area contributed by atoms with Gasteiger partial charge >= 0.3 is 189 Å². The molecule has 0 aliphatic heterocycles. The molecule has 0 heterocycles. The molecule has 0 amide bonds. The molecule has 0 saturated carbocycles. The third-order valence-electron chi connectivity index (χ3n) is 7.00. The Labute approximate surface area is 205 Å². The van der Waals surface area contributed by atoms with Crippen LogP contribution in [0.25, 0.3) is 22.3 Å². The summed E-state index contributed by atoms with van der Waals surface area (Å²) in [7, 11) is 0. The Morgan fingerprint density at radius 2 is 0.750 bits per heavy atom. The minimum absolute atomic E-state index is 0.677. The fraction of sp³-hybridized carbons (Fsp3) is 0.172. The first kappa shape index (κ1) is 22.1. The van der Waals surface area contributed by atoms with E-state index < -0.39 is 26.8 Å². The van der Waals surface area contributed by atoms with Crippen LogP contribution in [-0.2, 0) is 20.9 Å². The number of rotatable bonds is 3. The summed E-state index contributed by atoms with van der Waals surface area (Å²) in [5.41, 5.74) is 12.5. The van der Waals surface area contributed by atoms with Gasteiger partial charge in [-0.1, -0.05) is 0 Å². The molecule has 0 spiro atoms. The molecule has 0 saturated heterocycles. The second-order valence-corrected chi connectivity index (χ2v) is 28.9. The summed E-state index contributed by atoms with van der Waals surface area (Å²) in [6.45, 7) is 5.28. The van der Waals surface area contributed by atoms with E-state index in [-0.39, 0.29) is 0 Å². The monoisotopic (exact) mass is 529 g/mol. The summed E-state index contributed by atoms with van der Waals surface area (Å²) in [4.78, 5) is 0. The zero-order valence-corrected chi connectivity index (χ0v) is 23.2. The van der Waals surface area contributed by atoms with Crippen molar-refractivity contribution in [2.24, 2.45) is 0 Å². The molecular weight excluding hydrogens is 503 g/mol. The number of alkyl halides is 1. The van der Waals surface area contributed by atoms with Crippen molar-refractivity contribution < 1.29 is 20.9 Å². The van der Waals surface area contributed by atoms with Crippen LogP contribution in [0.4, 0.5) is 0 Å². The van der Waals surface area contributed by atoms with Crippen molar-refractivity contribution in [3.8, 4) is 22.3 Å². The van der Waals surface area contributed by atoms with E-state index in [0.717, 1.165) is 0 Å². The van der Waals surface area contributed by atoms with Crippen LogP contribution in [0.15, 0.2) is 97.1 Å². The molecule has 159 valence electrons. The van der Waals surface area contributed by atoms with Crippen molar-refractivity contribution in [3.63, 3.8) is 0 Å². The zero-order chi connectivity index (χ0) is 22.2. The standard InChI is InChI=1S/2C13H9.C2H7Si.CH3Cl.Zr/c2*1-3-7-12-10(5-1)9-11-6-2-4-8-13(11)12;1-3-2;1-2;/h2*1-9H;3H,1-2H3;1H3;. The van der Waals surface area contributed by atoms with Crippen molar-refractivity contribution in [1.82, 2.24) is 0 Å². The second-order valence-electron chi connectivity index (χ2n) is 8.87. The minimum atomic E-state index is -2.00. The molecule has 2 aliphatic carbocycles. The van der Waals surface area contributed by atoms with Crippen LogP contribution >= 0.6 is 11.6 Å². The molecule has 0 unspecified atom stereocenters. The molecule has 3 heteroatoms. The fourth-order valence-electron chi connectivity index (χ4n) is 5.86. The van der Waals surface area contributed by atoms with E-state index in [9.17, 15) is 0 Å². The van der Waals surface area contributed by atoms with E-state index in [1.807, 2.05) is 0 Å². The van der Waals surface area contributed by atoms with Gasteiger partial charge in [0.1, 0.15) is 0 Å². The Bertz CT molecular complexity index is 1080. The van der Waals surface area contributed by atoms with E-state index in [1.54, 1.807) is 22.3 Å². The van der Waals surface area contributed by atoms with Gasteiger partial charge in [-0.25, -0.2) is 0 Å². The fourth-order valence-corrected chi connectivity index (χ4v) is 28.1. The Morgan fingerprint density at radius 1 is 0.500 bits per heavy atom. The number of benzene rings is 4. The summed E-state index contributed by atoms with van der Waals surface area (Å²) >= 11 is 2.64. The molecule has 0 radical (unpaired) electrons. The van der Waals surface area contributed by atoms with E-state index in [1.165, 1.54) is 28.6 Å². The summed E-state index contributed by atoms with van der Waals surface area (Å²) in [6.07, 6.45) is 1.47. The molecule has 0 fully saturated rings.